The summed E-state index contributed by atoms with van der Waals surface area (Å²) in [6.07, 6.45) is 0.856. The van der Waals surface area contributed by atoms with Gasteiger partial charge >= 0.3 is 6.18 Å². The minimum Gasteiger partial charge on any atom is -0.333 e. The van der Waals surface area contributed by atoms with Gasteiger partial charge in [-0.2, -0.15) is 13.2 Å². The lowest BCUT2D eigenvalue weighted by molar-refractivity contribution is -0.139. The van der Waals surface area contributed by atoms with Gasteiger partial charge < -0.3 is 10.6 Å². The lowest BCUT2D eigenvalue weighted by atomic mass is 9.84. The van der Waals surface area contributed by atoms with E-state index in [4.69, 9.17) is 5.73 Å². The molecular weight excluding hydrogens is 329 g/mol. The van der Waals surface area contributed by atoms with Crippen molar-refractivity contribution in [1.82, 2.24) is 4.90 Å². The number of nitrogens with zero attached hydrogens (tertiary/aromatic N) is 1. The molecule has 3 rings (SSSR count). The Labute approximate surface area is 146 Å². The molecule has 138 valence electrons. The molecule has 0 heterocycles. The standard InChI is InChI=1S/C19H25F3N2O/c1-12(13-4-2-6-15(10-13)19(20,21)22)24(17-8-9-17)18(25)14-5-3-7-16(23)11-14/h2,4,6,10,12,14,16-17H,3,5,7-9,11,23H2,1H3. The highest BCUT2D eigenvalue weighted by Gasteiger charge is 2.40. The second-order valence-electron chi connectivity index (χ2n) is 7.40. The number of hydrogen-bond donors (Lipinski definition) is 1. The molecule has 2 aliphatic rings. The SMILES string of the molecule is CC(c1cccc(C(F)(F)F)c1)N(C(=O)C1CCCC(N)C1)C1CC1. The molecule has 2 aliphatic carbocycles. The normalized spacial score (nSPS) is 25.5. The summed E-state index contributed by atoms with van der Waals surface area (Å²) in [7, 11) is 0. The van der Waals surface area contributed by atoms with Gasteiger partial charge in [0.2, 0.25) is 5.91 Å². The van der Waals surface area contributed by atoms with Crippen LogP contribution in [0.5, 0.6) is 0 Å². The molecule has 0 radical (unpaired) electrons. The molecule has 1 aromatic carbocycles. The van der Waals surface area contributed by atoms with Crippen LogP contribution in [0.25, 0.3) is 0 Å². The number of carbonyl (C=O) groups is 1. The van der Waals surface area contributed by atoms with Crippen molar-refractivity contribution < 1.29 is 18.0 Å². The molecule has 0 saturated heterocycles. The van der Waals surface area contributed by atoms with Crippen molar-refractivity contribution in [2.24, 2.45) is 11.7 Å². The van der Waals surface area contributed by atoms with Crippen LogP contribution in [0.3, 0.4) is 0 Å². The third-order valence-corrected chi connectivity index (χ3v) is 5.37. The summed E-state index contributed by atoms with van der Waals surface area (Å²) < 4.78 is 39.0. The molecule has 0 spiro atoms. The lowest BCUT2D eigenvalue weighted by Crippen LogP contribution is -2.43. The summed E-state index contributed by atoms with van der Waals surface area (Å²) in [5.74, 6) is -0.0415. The van der Waals surface area contributed by atoms with Crippen LogP contribution < -0.4 is 5.73 Å². The van der Waals surface area contributed by atoms with Crippen LogP contribution >= 0.6 is 0 Å². The zero-order valence-electron chi connectivity index (χ0n) is 14.4. The first-order chi connectivity index (χ1) is 11.8. The van der Waals surface area contributed by atoms with Crippen molar-refractivity contribution in [3.05, 3.63) is 35.4 Å². The van der Waals surface area contributed by atoms with Gasteiger partial charge in [0, 0.05) is 18.0 Å². The van der Waals surface area contributed by atoms with E-state index in [1.165, 1.54) is 12.1 Å². The summed E-state index contributed by atoms with van der Waals surface area (Å²) in [5, 5.41) is 0. The molecule has 3 unspecified atom stereocenters. The number of halogens is 3. The Bertz CT molecular complexity index is 627. The van der Waals surface area contributed by atoms with Gasteiger partial charge in [-0.25, -0.2) is 0 Å². The minimum atomic E-state index is -4.37. The van der Waals surface area contributed by atoms with Crippen molar-refractivity contribution in [2.45, 2.75) is 69.8 Å². The Morgan fingerprint density at radius 1 is 1.24 bits per heavy atom. The van der Waals surface area contributed by atoms with E-state index >= 15 is 0 Å². The average molecular weight is 354 g/mol. The molecule has 1 amide bonds. The Morgan fingerprint density at radius 2 is 1.96 bits per heavy atom. The Morgan fingerprint density at radius 3 is 2.56 bits per heavy atom. The second kappa shape index (κ2) is 6.98. The quantitative estimate of drug-likeness (QED) is 0.877. The van der Waals surface area contributed by atoms with Crippen LogP contribution in [0.15, 0.2) is 24.3 Å². The Kier molecular flexibility index (Phi) is 5.09. The number of rotatable bonds is 4. The number of nitrogens with two attached hydrogens (primary N) is 1. The van der Waals surface area contributed by atoms with Crippen LogP contribution in [0.2, 0.25) is 0 Å². The molecule has 0 aliphatic heterocycles. The van der Waals surface area contributed by atoms with E-state index in [1.54, 1.807) is 6.07 Å². The van der Waals surface area contributed by atoms with Gasteiger partial charge in [-0.3, -0.25) is 4.79 Å². The average Bonchev–Trinajstić information content (AvgIpc) is 3.39. The van der Waals surface area contributed by atoms with E-state index in [0.717, 1.165) is 38.2 Å². The van der Waals surface area contributed by atoms with Crippen molar-refractivity contribution in [3.63, 3.8) is 0 Å². The largest absolute Gasteiger partial charge is 0.416 e. The fraction of sp³-hybridized carbons (Fsp3) is 0.632. The van der Waals surface area contributed by atoms with Crippen LogP contribution in [-0.2, 0) is 11.0 Å². The van der Waals surface area contributed by atoms with Gasteiger partial charge in [0.05, 0.1) is 11.6 Å². The monoisotopic (exact) mass is 354 g/mol. The topological polar surface area (TPSA) is 46.3 Å². The highest BCUT2D eigenvalue weighted by atomic mass is 19.4. The van der Waals surface area contributed by atoms with Gasteiger partial charge in [-0.05, 0) is 56.7 Å². The third kappa shape index (κ3) is 4.17. The van der Waals surface area contributed by atoms with Gasteiger partial charge in [0.15, 0.2) is 0 Å². The van der Waals surface area contributed by atoms with E-state index in [0.29, 0.717) is 12.0 Å². The number of alkyl halides is 3. The van der Waals surface area contributed by atoms with Crippen molar-refractivity contribution in [1.29, 1.82) is 0 Å². The van der Waals surface area contributed by atoms with E-state index in [9.17, 15) is 18.0 Å². The predicted molar refractivity (Wildman–Crippen MR) is 89.7 cm³/mol. The third-order valence-electron chi connectivity index (χ3n) is 5.37. The first kappa shape index (κ1) is 18.2. The van der Waals surface area contributed by atoms with Crippen LogP contribution in [0, 0.1) is 5.92 Å². The van der Waals surface area contributed by atoms with Crippen molar-refractivity contribution in [3.8, 4) is 0 Å². The molecule has 3 nitrogen and oxygen atoms in total. The van der Waals surface area contributed by atoms with E-state index in [2.05, 4.69) is 0 Å². The molecule has 1 aromatic rings. The minimum absolute atomic E-state index is 0.0487. The number of benzene rings is 1. The zero-order chi connectivity index (χ0) is 18.2. The highest BCUT2D eigenvalue weighted by Crippen LogP contribution is 2.39. The number of carbonyl (C=O) groups excluding carboxylic acids is 1. The summed E-state index contributed by atoms with van der Waals surface area (Å²) in [5.41, 5.74) is 5.88. The maximum Gasteiger partial charge on any atom is 0.416 e. The molecule has 2 saturated carbocycles. The number of hydrogen-bond acceptors (Lipinski definition) is 2. The van der Waals surface area contributed by atoms with Crippen molar-refractivity contribution >= 4 is 5.91 Å². The fourth-order valence-electron chi connectivity index (χ4n) is 3.84. The van der Waals surface area contributed by atoms with Crippen LogP contribution in [0.1, 0.15) is 62.6 Å². The van der Waals surface area contributed by atoms with E-state index in [1.807, 2.05) is 11.8 Å². The predicted octanol–water partition coefficient (Wildman–Crippen LogP) is 4.27. The van der Waals surface area contributed by atoms with Gasteiger partial charge in [0.1, 0.15) is 0 Å². The van der Waals surface area contributed by atoms with E-state index < -0.39 is 11.7 Å². The summed E-state index contributed by atoms with van der Waals surface area (Å²) in [4.78, 5) is 14.9. The first-order valence-electron chi connectivity index (χ1n) is 9.02. The highest BCUT2D eigenvalue weighted by molar-refractivity contribution is 5.80. The van der Waals surface area contributed by atoms with Crippen LogP contribution in [0.4, 0.5) is 13.2 Å². The van der Waals surface area contributed by atoms with Gasteiger partial charge in [-0.15, -0.1) is 0 Å². The Balaban J connectivity index is 1.82. The molecule has 2 N–H and O–H groups in total. The smallest absolute Gasteiger partial charge is 0.333 e. The summed E-state index contributed by atoms with van der Waals surface area (Å²) >= 11 is 0. The maximum atomic E-state index is 13.1. The van der Waals surface area contributed by atoms with E-state index in [-0.39, 0.29) is 30.0 Å². The molecule has 6 heteroatoms. The maximum absolute atomic E-state index is 13.1. The first-order valence-corrected chi connectivity index (χ1v) is 9.02. The lowest BCUT2D eigenvalue weighted by Gasteiger charge is -2.35. The number of amides is 1. The molecular formula is C19H25F3N2O. The molecule has 25 heavy (non-hydrogen) atoms. The zero-order valence-corrected chi connectivity index (χ0v) is 14.4. The van der Waals surface area contributed by atoms with Gasteiger partial charge in [-0.1, -0.05) is 18.6 Å². The molecule has 0 bridgehead atoms. The van der Waals surface area contributed by atoms with Gasteiger partial charge in [0.25, 0.3) is 0 Å². The van der Waals surface area contributed by atoms with Crippen molar-refractivity contribution in [2.75, 3.05) is 0 Å². The molecule has 0 aromatic heterocycles. The van der Waals surface area contributed by atoms with Crippen LogP contribution in [-0.4, -0.2) is 22.9 Å². The molecule has 2 fully saturated rings. The second-order valence-corrected chi connectivity index (χ2v) is 7.40. The fourth-order valence-corrected chi connectivity index (χ4v) is 3.84. The molecule has 3 atom stereocenters. The summed E-state index contributed by atoms with van der Waals surface area (Å²) in [6.45, 7) is 1.83. The Hall–Kier alpha value is -1.56. The summed E-state index contributed by atoms with van der Waals surface area (Å²) in [6, 6.07) is 5.17.